The molecule has 0 aliphatic carbocycles. The van der Waals surface area contributed by atoms with Gasteiger partial charge in [0.1, 0.15) is 23.0 Å². The van der Waals surface area contributed by atoms with Crippen molar-refractivity contribution in [2.24, 2.45) is 0 Å². The summed E-state index contributed by atoms with van der Waals surface area (Å²) >= 11 is 0. The fraction of sp³-hybridized carbons (Fsp3) is 0.522. The third-order valence-electron chi connectivity index (χ3n) is 21.0. The van der Waals surface area contributed by atoms with E-state index in [0.717, 1.165) is 141 Å². The second-order valence-electron chi connectivity index (χ2n) is 29.6. The molecule has 0 amide bonds. The molecule has 0 fully saturated rings. The molecule has 2 aliphatic heterocycles. The van der Waals surface area contributed by atoms with Gasteiger partial charge in [-0.2, -0.15) is 0 Å². The van der Waals surface area contributed by atoms with Crippen LogP contribution in [0.5, 0.6) is 23.0 Å². The molecule has 0 radical (unpaired) electrons. The minimum atomic E-state index is 0.579. The van der Waals surface area contributed by atoms with Gasteiger partial charge in [0.15, 0.2) is 0 Å². The second kappa shape index (κ2) is 45.3. The van der Waals surface area contributed by atoms with E-state index in [0.29, 0.717) is 72.0 Å². The first-order chi connectivity index (χ1) is 51.2. The first kappa shape index (κ1) is 80.0. The number of benzene rings is 4. The average molecular weight is 1410 g/mol. The molecular formula is C92H130N8O4. The highest BCUT2D eigenvalue weighted by atomic mass is 16.5. The maximum Gasteiger partial charge on any atom is 0.120 e. The summed E-state index contributed by atoms with van der Waals surface area (Å²) in [7, 11) is 0. The summed E-state index contributed by atoms with van der Waals surface area (Å²) in [6.07, 6.45) is 58.5. The van der Waals surface area contributed by atoms with Crippen molar-refractivity contribution in [2.75, 3.05) is 49.4 Å². The average Bonchev–Trinajstić information content (AvgIpc) is 1.60. The number of fused-ring (bicyclic) bond motifs is 8. The molecule has 4 aromatic carbocycles. The van der Waals surface area contributed by atoms with E-state index in [2.05, 4.69) is 110 Å². The predicted molar refractivity (Wildman–Crippen MR) is 448 cm³/mol. The van der Waals surface area contributed by atoms with Gasteiger partial charge >= 0.3 is 0 Å². The lowest BCUT2D eigenvalue weighted by molar-refractivity contribution is 0.304. The van der Waals surface area contributed by atoms with Crippen molar-refractivity contribution in [3.63, 3.8) is 0 Å². The topological polar surface area (TPSA) is 198 Å². The van der Waals surface area contributed by atoms with Gasteiger partial charge in [-0.15, -0.1) is 0 Å². The second-order valence-corrected chi connectivity index (χ2v) is 29.6. The Bertz CT molecular complexity index is 3760. The van der Waals surface area contributed by atoms with Crippen LogP contribution in [0.2, 0.25) is 0 Å². The van der Waals surface area contributed by atoms with E-state index in [4.69, 9.17) is 51.9 Å². The monoisotopic (exact) mass is 1410 g/mol. The number of nitrogens with zero attached hydrogens (tertiary/aromatic N) is 2. The van der Waals surface area contributed by atoms with E-state index in [9.17, 15) is 0 Å². The molecule has 0 spiro atoms. The van der Waals surface area contributed by atoms with Gasteiger partial charge in [0.2, 0.25) is 0 Å². The number of hydrogen-bond donors (Lipinski definition) is 6. The molecule has 9 rings (SSSR count). The number of aromatic amines is 2. The fourth-order valence-corrected chi connectivity index (χ4v) is 14.8. The Hall–Kier alpha value is -8.12. The van der Waals surface area contributed by atoms with Crippen LogP contribution in [-0.4, -0.2) is 46.4 Å². The van der Waals surface area contributed by atoms with Crippen LogP contribution in [0.25, 0.3) is 90.9 Å². The number of nitrogens with two attached hydrogens (primary N) is 4. The highest BCUT2D eigenvalue weighted by molar-refractivity contribution is 6.04. The summed E-state index contributed by atoms with van der Waals surface area (Å²) in [4.78, 5) is 19.2. The van der Waals surface area contributed by atoms with E-state index in [-0.39, 0.29) is 0 Å². The van der Waals surface area contributed by atoms with Gasteiger partial charge < -0.3 is 51.9 Å². The molecule has 5 heterocycles. The van der Waals surface area contributed by atoms with E-state index in [1.807, 2.05) is 48.5 Å². The summed E-state index contributed by atoms with van der Waals surface area (Å²) < 4.78 is 26.5. The number of nitrogens with one attached hydrogen (secondary N) is 2. The Morgan fingerprint density at radius 1 is 0.240 bits per heavy atom. The van der Waals surface area contributed by atoms with Crippen molar-refractivity contribution in [3.8, 4) is 67.5 Å². The molecular weight excluding hydrogens is 1280 g/mol. The van der Waals surface area contributed by atoms with E-state index in [1.165, 1.54) is 205 Å². The van der Waals surface area contributed by atoms with Crippen LogP contribution in [0.1, 0.15) is 307 Å². The quantitative estimate of drug-likeness (QED) is 0.0158. The largest absolute Gasteiger partial charge is 0.494 e. The maximum atomic E-state index is 7.22. The van der Waals surface area contributed by atoms with Gasteiger partial charge in [0.25, 0.3) is 0 Å². The van der Waals surface area contributed by atoms with Gasteiger partial charge in [-0.3, -0.25) is 0 Å². The number of rotatable bonds is 52. The van der Waals surface area contributed by atoms with Crippen molar-refractivity contribution in [1.82, 2.24) is 19.9 Å². The summed E-state index contributed by atoms with van der Waals surface area (Å²) in [5.74, 6) is 3.00. The van der Waals surface area contributed by atoms with Gasteiger partial charge in [-0.25, -0.2) is 9.97 Å². The zero-order valence-electron chi connectivity index (χ0n) is 64.5. The summed E-state index contributed by atoms with van der Waals surface area (Å²) in [5, 5.41) is 0. The van der Waals surface area contributed by atoms with Crippen LogP contribution >= 0.6 is 0 Å². The Labute approximate surface area is 625 Å². The number of anilines is 4. The van der Waals surface area contributed by atoms with Crippen molar-refractivity contribution in [2.45, 2.75) is 285 Å². The number of unbranched alkanes of at least 4 members (excludes halogenated alkanes) is 36. The van der Waals surface area contributed by atoms with E-state index in [1.54, 1.807) is 0 Å². The number of nitrogen functional groups attached to an aromatic ring is 4. The molecule has 0 unspecified atom stereocenters. The number of ether oxygens (including phenoxy) is 4. The summed E-state index contributed by atoms with van der Waals surface area (Å²) in [5.41, 5.74) is 43.7. The van der Waals surface area contributed by atoms with Gasteiger partial charge in [0.05, 0.1) is 49.2 Å². The normalized spacial score (nSPS) is 11.9. The highest BCUT2D eigenvalue weighted by Crippen LogP contribution is 2.44. The Kier molecular flexibility index (Phi) is 34.8. The molecule has 12 heteroatoms. The fourth-order valence-electron chi connectivity index (χ4n) is 14.8. The molecule has 7 aromatic rings. The number of hydrogen-bond acceptors (Lipinski definition) is 10. The Balaban J connectivity index is 1.15. The van der Waals surface area contributed by atoms with E-state index >= 15 is 0 Å². The maximum absolute atomic E-state index is 7.22. The zero-order chi connectivity index (χ0) is 72.8. The number of H-pyrrole nitrogens is 2. The van der Waals surface area contributed by atoms with E-state index < -0.39 is 0 Å². The molecule has 12 nitrogen and oxygen atoms in total. The molecule has 8 bridgehead atoms. The standard InChI is InChI=1S/C92H130N8O4/c1-5-9-13-17-21-25-29-33-37-41-61-101-69-45-49-77(93)73(65-69)89-81-53-55-83(97-81)90(74-66-70(46-50-78(74)94)102-62-42-38-34-30-26-22-18-14-10-6-2)85-57-59-87(99-85)92(76-68-72(48-52-80(76)96)104-64-44-40-36-32-28-24-20-16-12-8-4)88-60-58-86(100-88)91(84-56-54-82(89)98-84)75-67-71(47-51-79(75)95)103-63-43-39-35-31-27-23-19-15-11-7-3/h45-60,65-68,97-98H,5-44,61-64,93-96H2,1-4H3. The molecule has 3 aromatic heterocycles. The lowest BCUT2D eigenvalue weighted by Crippen LogP contribution is -2.00. The SMILES string of the molecule is CCCCCCCCCCCCOc1ccc(N)c(-c2c3nc(c(-c4cc(OCCCCCCCCCCCC)ccc4N)c4ccc([nH]4)c(-c4cc(OCCCCCCCCCCCC)ccc4N)c4ccc([nH]4)c(-c4cc(OCCCCCCCCCCCC)ccc4N)c4nc2C=C4)C=C3)c1. The summed E-state index contributed by atoms with van der Waals surface area (Å²) in [6.45, 7) is 11.6. The molecule has 562 valence electrons. The molecule has 104 heavy (non-hydrogen) atoms. The smallest absolute Gasteiger partial charge is 0.120 e. The Morgan fingerprint density at radius 3 is 0.692 bits per heavy atom. The van der Waals surface area contributed by atoms with Crippen molar-refractivity contribution in [3.05, 3.63) is 120 Å². The lowest BCUT2D eigenvalue weighted by atomic mass is 10.00. The molecule has 10 N–H and O–H groups in total. The minimum absolute atomic E-state index is 0.579. The third-order valence-corrected chi connectivity index (χ3v) is 21.0. The Morgan fingerprint density at radius 2 is 0.442 bits per heavy atom. The first-order valence-corrected chi connectivity index (χ1v) is 41.4. The summed E-state index contributed by atoms with van der Waals surface area (Å²) in [6, 6.07) is 32.6. The molecule has 0 atom stereocenters. The van der Waals surface area contributed by atoms with Gasteiger partial charge in [-0.05, 0) is 147 Å². The van der Waals surface area contributed by atoms with Crippen LogP contribution in [0.15, 0.2) is 97.1 Å². The van der Waals surface area contributed by atoms with Crippen molar-refractivity contribution in [1.29, 1.82) is 0 Å². The predicted octanol–water partition coefficient (Wildman–Crippen LogP) is 26.9. The van der Waals surface area contributed by atoms with Crippen molar-refractivity contribution >= 4 is 69.1 Å². The van der Waals surface area contributed by atoms with Crippen LogP contribution < -0.4 is 41.9 Å². The van der Waals surface area contributed by atoms with Crippen LogP contribution in [0.3, 0.4) is 0 Å². The van der Waals surface area contributed by atoms with Gasteiger partial charge in [0, 0.05) is 89.3 Å². The molecule has 0 saturated carbocycles. The van der Waals surface area contributed by atoms with Crippen LogP contribution in [-0.2, 0) is 0 Å². The van der Waals surface area contributed by atoms with Crippen LogP contribution in [0.4, 0.5) is 22.7 Å². The number of aromatic nitrogens is 4. The molecule has 0 saturated heterocycles. The highest BCUT2D eigenvalue weighted by Gasteiger charge is 2.24. The van der Waals surface area contributed by atoms with Gasteiger partial charge in [-0.1, -0.05) is 259 Å². The zero-order valence-corrected chi connectivity index (χ0v) is 64.5. The van der Waals surface area contributed by atoms with Crippen LogP contribution in [0, 0.1) is 0 Å². The molecule has 2 aliphatic rings. The minimum Gasteiger partial charge on any atom is -0.494 e. The first-order valence-electron chi connectivity index (χ1n) is 41.4. The van der Waals surface area contributed by atoms with Crippen molar-refractivity contribution < 1.29 is 18.9 Å². The lowest BCUT2D eigenvalue weighted by Gasteiger charge is -2.13. The third kappa shape index (κ3) is 25.0.